The first-order valence-corrected chi connectivity index (χ1v) is 9.39. The Kier molecular flexibility index (Phi) is 6.85. The number of hydrogen-bond donors (Lipinski definition) is 2. The molecule has 0 aliphatic heterocycles. The maximum atomic E-state index is 13.8. The standard InChI is InChI=1S/C20H16F4N4O2S/c1-2-30-19(29)11-3-5-12(6-4-11)25-20(31)26-16-7-8-28(27-16)10-13-17(23)14(21)9-15(22)18(13)24/h3-9H,2,10H2,1H3,(H2,25,26,27,31). The number of rotatable bonds is 6. The molecule has 0 aliphatic carbocycles. The molecule has 0 saturated carbocycles. The average Bonchev–Trinajstić information content (AvgIpc) is 3.17. The molecule has 3 rings (SSSR count). The number of nitrogens with one attached hydrogen (secondary N) is 2. The summed E-state index contributed by atoms with van der Waals surface area (Å²) in [7, 11) is 0. The predicted octanol–water partition coefficient (Wildman–Crippen LogP) is 4.47. The molecule has 6 nitrogen and oxygen atoms in total. The molecule has 0 saturated heterocycles. The second kappa shape index (κ2) is 9.56. The molecule has 3 aromatic rings. The highest BCUT2D eigenvalue weighted by molar-refractivity contribution is 7.80. The smallest absolute Gasteiger partial charge is 0.338 e. The molecule has 162 valence electrons. The van der Waals surface area contributed by atoms with Crippen molar-refractivity contribution in [2.45, 2.75) is 13.5 Å². The summed E-state index contributed by atoms with van der Waals surface area (Å²) >= 11 is 5.18. The third-order valence-corrected chi connectivity index (χ3v) is 4.26. The maximum absolute atomic E-state index is 13.8. The van der Waals surface area contributed by atoms with Gasteiger partial charge in [-0.15, -0.1) is 0 Å². The quantitative estimate of drug-likeness (QED) is 0.249. The summed E-state index contributed by atoms with van der Waals surface area (Å²) in [6.07, 6.45) is 1.36. The first kappa shape index (κ1) is 22.2. The number of nitrogens with zero attached hydrogens (tertiary/aromatic N) is 2. The molecule has 0 atom stereocenters. The van der Waals surface area contributed by atoms with Crippen LogP contribution >= 0.6 is 12.2 Å². The summed E-state index contributed by atoms with van der Waals surface area (Å²) in [5.41, 5.74) is 0.192. The number of esters is 1. The van der Waals surface area contributed by atoms with E-state index >= 15 is 0 Å². The molecule has 0 aliphatic rings. The van der Waals surface area contributed by atoms with Gasteiger partial charge in [0, 0.05) is 24.0 Å². The molecule has 0 spiro atoms. The Balaban J connectivity index is 1.62. The van der Waals surface area contributed by atoms with Crippen LogP contribution in [0.2, 0.25) is 0 Å². The maximum Gasteiger partial charge on any atom is 0.338 e. The Morgan fingerprint density at radius 1 is 1.06 bits per heavy atom. The lowest BCUT2D eigenvalue weighted by atomic mass is 10.2. The molecule has 11 heteroatoms. The van der Waals surface area contributed by atoms with E-state index in [1.807, 2.05) is 0 Å². The van der Waals surface area contributed by atoms with Gasteiger partial charge < -0.3 is 15.4 Å². The highest BCUT2D eigenvalue weighted by Crippen LogP contribution is 2.20. The van der Waals surface area contributed by atoms with Crippen LogP contribution in [0.4, 0.5) is 29.1 Å². The van der Waals surface area contributed by atoms with Gasteiger partial charge in [0.05, 0.1) is 24.3 Å². The number of anilines is 2. The minimum absolute atomic E-state index is 0.146. The molecule has 0 unspecified atom stereocenters. The number of halogens is 4. The van der Waals surface area contributed by atoms with Gasteiger partial charge in [0.25, 0.3) is 0 Å². The van der Waals surface area contributed by atoms with Crippen LogP contribution < -0.4 is 10.6 Å². The van der Waals surface area contributed by atoms with Crippen LogP contribution in [-0.4, -0.2) is 27.5 Å². The van der Waals surface area contributed by atoms with Gasteiger partial charge in [-0.1, -0.05) is 0 Å². The van der Waals surface area contributed by atoms with Crippen LogP contribution in [0.15, 0.2) is 42.6 Å². The van der Waals surface area contributed by atoms with Crippen LogP contribution in [0.3, 0.4) is 0 Å². The van der Waals surface area contributed by atoms with Crippen molar-refractivity contribution in [3.05, 3.63) is 77.0 Å². The number of aromatic nitrogens is 2. The van der Waals surface area contributed by atoms with Crippen LogP contribution in [0.25, 0.3) is 0 Å². The first-order chi connectivity index (χ1) is 14.8. The SMILES string of the molecule is CCOC(=O)c1ccc(NC(=S)Nc2ccn(Cc3c(F)c(F)cc(F)c3F)n2)cc1. The zero-order valence-corrected chi connectivity index (χ0v) is 16.9. The van der Waals surface area contributed by atoms with E-state index in [0.29, 0.717) is 11.3 Å². The van der Waals surface area contributed by atoms with E-state index in [0.717, 1.165) is 4.68 Å². The van der Waals surface area contributed by atoms with Crippen molar-refractivity contribution in [3.63, 3.8) is 0 Å². The van der Waals surface area contributed by atoms with Crippen LogP contribution in [0.1, 0.15) is 22.8 Å². The molecule has 2 aromatic carbocycles. The molecular formula is C20H16F4N4O2S. The number of thiocarbonyl (C=S) groups is 1. The lowest BCUT2D eigenvalue weighted by Gasteiger charge is -2.10. The third kappa shape index (κ3) is 5.37. The minimum Gasteiger partial charge on any atom is -0.462 e. The third-order valence-electron chi connectivity index (χ3n) is 4.06. The van der Waals surface area contributed by atoms with Gasteiger partial charge in [-0.25, -0.2) is 22.4 Å². The van der Waals surface area contributed by atoms with Crippen molar-refractivity contribution in [3.8, 4) is 0 Å². The lowest BCUT2D eigenvalue weighted by Crippen LogP contribution is -2.19. The van der Waals surface area contributed by atoms with Crippen molar-refractivity contribution in [2.75, 3.05) is 17.2 Å². The molecule has 1 heterocycles. The Labute approximate surface area is 179 Å². The zero-order chi connectivity index (χ0) is 22.5. The van der Waals surface area contributed by atoms with E-state index in [1.54, 1.807) is 31.2 Å². The van der Waals surface area contributed by atoms with Crippen LogP contribution in [0, 0.1) is 23.3 Å². The van der Waals surface area contributed by atoms with Crippen molar-refractivity contribution in [1.29, 1.82) is 0 Å². The van der Waals surface area contributed by atoms with Crippen LogP contribution in [-0.2, 0) is 11.3 Å². The number of benzene rings is 2. The second-order valence-electron chi connectivity index (χ2n) is 6.22. The minimum atomic E-state index is -1.49. The van der Waals surface area contributed by atoms with Gasteiger partial charge in [-0.05, 0) is 43.4 Å². The molecule has 0 fully saturated rings. The van der Waals surface area contributed by atoms with E-state index in [2.05, 4.69) is 15.7 Å². The normalized spacial score (nSPS) is 10.6. The van der Waals surface area contributed by atoms with Crippen molar-refractivity contribution < 1.29 is 27.1 Å². The van der Waals surface area contributed by atoms with Gasteiger partial charge in [-0.3, -0.25) is 4.68 Å². The highest BCUT2D eigenvalue weighted by Gasteiger charge is 2.19. The summed E-state index contributed by atoms with van der Waals surface area (Å²) < 4.78 is 60.3. The van der Waals surface area contributed by atoms with E-state index in [1.165, 1.54) is 12.3 Å². The summed E-state index contributed by atoms with van der Waals surface area (Å²) in [4.78, 5) is 11.7. The molecular weight excluding hydrogens is 436 g/mol. The van der Waals surface area contributed by atoms with E-state index in [4.69, 9.17) is 17.0 Å². The van der Waals surface area contributed by atoms with E-state index in [-0.39, 0.29) is 23.6 Å². The van der Waals surface area contributed by atoms with Gasteiger partial charge in [0.15, 0.2) is 34.2 Å². The summed E-state index contributed by atoms with van der Waals surface area (Å²) in [5.74, 6) is -6.14. The average molecular weight is 452 g/mol. The van der Waals surface area contributed by atoms with Gasteiger partial charge in [-0.2, -0.15) is 5.10 Å². The highest BCUT2D eigenvalue weighted by atomic mass is 32.1. The van der Waals surface area contributed by atoms with E-state index < -0.39 is 41.3 Å². The molecule has 0 radical (unpaired) electrons. The fraction of sp³-hybridized carbons (Fsp3) is 0.150. The van der Waals surface area contributed by atoms with Gasteiger partial charge in [0.2, 0.25) is 0 Å². The second-order valence-corrected chi connectivity index (χ2v) is 6.63. The summed E-state index contributed by atoms with van der Waals surface area (Å²) in [6.45, 7) is 1.46. The lowest BCUT2D eigenvalue weighted by molar-refractivity contribution is 0.0526. The Bertz CT molecular complexity index is 1090. The van der Waals surface area contributed by atoms with Crippen LogP contribution in [0.5, 0.6) is 0 Å². The van der Waals surface area contributed by atoms with E-state index in [9.17, 15) is 22.4 Å². The van der Waals surface area contributed by atoms with Crippen molar-refractivity contribution in [1.82, 2.24) is 9.78 Å². The number of carbonyl (C=O) groups excluding carboxylic acids is 1. The zero-order valence-electron chi connectivity index (χ0n) is 16.1. The number of hydrogen-bond acceptors (Lipinski definition) is 4. The fourth-order valence-electron chi connectivity index (χ4n) is 2.62. The number of ether oxygens (including phenoxy) is 1. The van der Waals surface area contributed by atoms with Gasteiger partial charge >= 0.3 is 5.97 Å². The summed E-state index contributed by atoms with van der Waals surface area (Å²) in [6, 6.07) is 8.00. The topological polar surface area (TPSA) is 68.2 Å². The molecule has 31 heavy (non-hydrogen) atoms. The Morgan fingerprint density at radius 3 is 2.32 bits per heavy atom. The van der Waals surface area contributed by atoms with Gasteiger partial charge in [0.1, 0.15) is 0 Å². The first-order valence-electron chi connectivity index (χ1n) is 8.99. The largest absolute Gasteiger partial charge is 0.462 e. The van der Waals surface area contributed by atoms with Crippen molar-refractivity contribution >= 4 is 34.8 Å². The van der Waals surface area contributed by atoms with Crippen molar-refractivity contribution in [2.24, 2.45) is 0 Å². The molecule has 1 aromatic heterocycles. The molecule has 0 bridgehead atoms. The number of carbonyl (C=O) groups is 1. The Hall–Kier alpha value is -3.47. The Morgan fingerprint density at radius 2 is 1.71 bits per heavy atom. The molecule has 2 N–H and O–H groups in total. The molecule has 0 amide bonds. The predicted molar refractivity (Wildman–Crippen MR) is 110 cm³/mol. The summed E-state index contributed by atoms with van der Waals surface area (Å²) in [5, 5.41) is 9.83. The monoisotopic (exact) mass is 452 g/mol. The fourth-order valence-corrected chi connectivity index (χ4v) is 2.85.